The first-order valence-corrected chi connectivity index (χ1v) is 5.96. The first kappa shape index (κ1) is 14.4. The molecule has 0 aliphatic heterocycles. The Morgan fingerprint density at radius 2 is 1.75 bits per heavy atom. The van der Waals surface area contributed by atoms with Crippen molar-refractivity contribution in [2.45, 2.75) is 12.5 Å². The quantitative estimate of drug-likeness (QED) is 0.931. The van der Waals surface area contributed by atoms with Crippen molar-refractivity contribution in [1.29, 1.82) is 0 Å². The summed E-state index contributed by atoms with van der Waals surface area (Å²) in [6.07, 6.45) is -1.31. The van der Waals surface area contributed by atoms with Gasteiger partial charge in [0.15, 0.2) is 11.6 Å². The van der Waals surface area contributed by atoms with Crippen LogP contribution in [0, 0.1) is 17.5 Å². The molecule has 0 aliphatic carbocycles. The van der Waals surface area contributed by atoms with E-state index < -0.39 is 23.6 Å². The lowest BCUT2D eigenvalue weighted by atomic mass is 10.0. The Morgan fingerprint density at radius 1 is 1.10 bits per heavy atom. The molecule has 0 aliphatic rings. The number of ether oxygens (including phenoxy) is 1. The summed E-state index contributed by atoms with van der Waals surface area (Å²) in [5.74, 6) is -2.15. The molecule has 0 heterocycles. The number of aliphatic hydroxyl groups excluding tert-OH is 1. The summed E-state index contributed by atoms with van der Waals surface area (Å²) in [5.41, 5.74) is 0.270. The molecule has 1 N–H and O–H groups in total. The van der Waals surface area contributed by atoms with Crippen molar-refractivity contribution in [3.05, 3.63) is 65.0 Å². The minimum Gasteiger partial charge on any atom is -0.494 e. The van der Waals surface area contributed by atoms with Gasteiger partial charge in [0.2, 0.25) is 0 Å². The van der Waals surface area contributed by atoms with Crippen LogP contribution in [0.3, 0.4) is 0 Å². The summed E-state index contributed by atoms with van der Waals surface area (Å²) < 4.78 is 44.9. The Morgan fingerprint density at radius 3 is 2.35 bits per heavy atom. The highest BCUT2D eigenvalue weighted by atomic mass is 19.1. The van der Waals surface area contributed by atoms with Gasteiger partial charge in [-0.25, -0.2) is 13.2 Å². The molecule has 106 valence electrons. The van der Waals surface area contributed by atoms with Crippen LogP contribution in [0.1, 0.15) is 17.2 Å². The molecule has 0 aromatic heterocycles. The molecule has 0 bridgehead atoms. The molecule has 2 nitrogen and oxygen atoms in total. The predicted octanol–water partition coefficient (Wildman–Crippen LogP) is 3.39. The molecule has 5 heteroatoms. The molecule has 0 spiro atoms. The second-order valence-corrected chi connectivity index (χ2v) is 4.36. The highest BCUT2D eigenvalue weighted by molar-refractivity contribution is 5.33. The Hall–Kier alpha value is -2.01. The lowest BCUT2D eigenvalue weighted by molar-refractivity contribution is 0.172. The van der Waals surface area contributed by atoms with E-state index >= 15 is 0 Å². The number of hydrogen-bond acceptors (Lipinski definition) is 2. The van der Waals surface area contributed by atoms with Crippen molar-refractivity contribution >= 4 is 0 Å². The number of hydrogen-bond donors (Lipinski definition) is 1. The third kappa shape index (κ3) is 3.11. The molecule has 1 unspecified atom stereocenters. The first-order chi connectivity index (χ1) is 9.51. The van der Waals surface area contributed by atoms with Crippen LogP contribution < -0.4 is 4.74 Å². The van der Waals surface area contributed by atoms with Gasteiger partial charge in [0.05, 0.1) is 13.2 Å². The van der Waals surface area contributed by atoms with Gasteiger partial charge in [-0.1, -0.05) is 12.1 Å². The van der Waals surface area contributed by atoms with E-state index in [0.717, 1.165) is 18.2 Å². The zero-order chi connectivity index (χ0) is 14.7. The number of methoxy groups -OCH3 is 1. The van der Waals surface area contributed by atoms with E-state index in [2.05, 4.69) is 0 Å². The zero-order valence-electron chi connectivity index (χ0n) is 10.7. The van der Waals surface area contributed by atoms with Gasteiger partial charge < -0.3 is 9.84 Å². The fraction of sp³-hybridized carbons (Fsp3) is 0.200. The van der Waals surface area contributed by atoms with Gasteiger partial charge in [-0.05, 0) is 23.8 Å². The van der Waals surface area contributed by atoms with Crippen LogP contribution in [0.5, 0.6) is 5.75 Å². The van der Waals surface area contributed by atoms with Crippen LogP contribution in [-0.4, -0.2) is 12.2 Å². The standard InChI is InChI=1S/C15H13F3O2/c1-20-14-4-2-3-12(15(14)18)13(19)7-9-5-10(16)8-11(17)6-9/h2-6,8,13,19H,7H2,1H3. The van der Waals surface area contributed by atoms with Gasteiger partial charge in [0.1, 0.15) is 11.6 Å². The SMILES string of the molecule is COc1cccc(C(O)Cc2cc(F)cc(F)c2)c1F. The van der Waals surface area contributed by atoms with Crippen molar-refractivity contribution in [1.82, 2.24) is 0 Å². The van der Waals surface area contributed by atoms with Crippen molar-refractivity contribution in [2.75, 3.05) is 7.11 Å². The summed E-state index contributed by atoms with van der Waals surface area (Å²) in [4.78, 5) is 0. The van der Waals surface area contributed by atoms with E-state index in [4.69, 9.17) is 4.74 Å². The van der Waals surface area contributed by atoms with E-state index in [1.54, 1.807) is 0 Å². The first-order valence-electron chi connectivity index (χ1n) is 5.96. The third-order valence-electron chi connectivity index (χ3n) is 2.92. The molecule has 0 saturated carbocycles. The van der Waals surface area contributed by atoms with Crippen molar-refractivity contribution < 1.29 is 23.0 Å². The maximum absolute atomic E-state index is 14.0. The molecule has 2 aromatic rings. The topological polar surface area (TPSA) is 29.5 Å². The number of rotatable bonds is 4. The van der Waals surface area contributed by atoms with Gasteiger partial charge in [-0.3, -0.25) is 0 Å². The van der Waals surface area contributed by atoms with Crippen molar-refractivity contribution in [3.63, 3.8) is 0 Å². The van der Waals surface area contributed by atoms with Crippen LogP contribution in [-0.2, 0) is 6.42 Å². The van der Waals surface area contributed by atoms with Crippen molar-refractivity contribution in [3.8, 4) is 5.75 Å². The highest BCUT2D eigenvalue weighted by Gasteiger charge is 2.17. The molecule has 20 heavy (non-hydrogen) atoms. The van der Waals surface area contributed by atoms with Crippen LogP contribution in [0.15, 0.2) is 36.4 Å². The second kappa shape index (κ2) is 5.96. The monoisotopic (exact) mass is 282 g/mol. The Labute approximate surface area is 114 Å². The maximum Gasteiger partial charge on any atom is 0.170 e. The van der Waals surface area contributed by atoms with Crippen LogP contribution in [0.4, 0.5) is 13.2 Å². The fourth-order valence-electron chi connectivity index (χ4n) is 2.00. The molecule has 0 fully saturated rings. The summed E-state index contributed by atoms with van der Waals surface area (Å²) >= 11 is 0. The smallest absolute Gasteiger partial charge is 0.170 e. The van der Waals surface area contributed by atoms with Crippen LogP contribution in [0.2, 0.25) is 0 Å². The largest absolute Gasteiger partial charge is 0.494 e. The predicted molar refractivity (Wildman–Crippen MR) is 68.0 cm³/mol. The molecule has 2 aromatic carbocycles. The molecular formula is C15H13F3O2. The van der Waals surface area contributed by atoms with E-state index in [0.29, 0.717) is 0 Å². The lowest BCUT2D eigenvalue weighted by Crippen LogP contribution is -2.06. The van der Waals surface area contributed by atoms with Crippen molar-refractivity contribution in [2.24, 2.45) is 0 Å². The average molecular weight is 282 g/mol. The number of aliphatic hydroxyl groups is 1. The normalized spacial score (nSPS) is 12.2. The molecule has 2 rings (SSSR count). The van der Waals surface area contributed by atoms with Gasteiger partial charge in [-0.2, -0.15) is 0 Å². The average Bonchev–Trinajstić information content (AvgIpc) is 2.37. The van der Waals surface area contributed by atoms with Gasteiger partial charge >= 0.3 is 0 Å². The van der Waals surface area contributed by atoms with E-state index in [9.17, 15) is 18.3 Å². The van der Waals surface area contributed by atoms with E-state index in [-0.39, 0.29) is 23.3 Å². The Balaban J connectivity index is 2.26. The lowest BCUT2D eigenvalue weighted by Gasteiger charge is -2.14. The molecule has 0 amide bonds. The Bertz CT molecular complexity index is 594. The number of halogens is 3. The molecular weight excluding hydrogens is 269 g/mol. The Kier molecular flexibility index (Phi) is 4.29. The molecule has 0 radical (unpaired) electrons. The minimum absolute atomic E-state index is 0.00646. The van der Waals surface area contributed by atoms with Gasteiger partial charge in [0.25, 0.3) is 0 Å². The van der Waals surface area contributed by atoms with E-state index in [1.165, 1.54) is 25.3 Å². The van der Waals surface area contributed by atoms with E-state index in [1.807, 2.05) is 0 Å². The summed E-state index contributed by atoms with van der Waals surface area (Å²) in [7, 11) is 1.32. The third-order valence-corrected chi connectivity index (χ3v) is 2.92. The van der Waals surface area contributed by atoms with Crippen LogP contribution in [0.25, 0.3) is 0 Å². The second-order valence-electron chi connectivity index (χ2n) is 4.36. The van der Waals surface area contributed by atoms with Crippen LogP contribution >= 0.6 is 0 Å². The summed E-state index contributed by atoms with van der Waals surface area (Å²) in [5, 5.41) is 10.0. The van der Waals surface area contributed by atoms with Gasteiger partial charge in [0, 0.05) is 18.1 Å². The highest BCUT2D eigenvalue weighted by Crippen LogP contribution is 2.27. The fourth-order valence-corrected chi connectivity index (χ4v) is 2.00. The zero-order valence-corrected chi connectivity index (χ0v) is 10.7. The van der Waals surface area contributed by atoms with Gasteiger partial charge in [-0.15, -0.1) is 0 Å². The summed E-state index contributed by atoms with van der Waals surface area (Å²) in [6.45, 7) is 0. The minimum atomic E-state index is -1.22. The molecule has 0 saturated heterocycles. The summed E-state index contributed by atoms with van der Waals surface area (Å²) in [6, 6.07) is 7.30. The maximum atomic E-state index is 14.0. The molecule has 1 atom stereocenters. The number of benzene rings is 2.